The molecule has 0 aliphatic heterocycles. The number of rotatable bonds is 4. The molecule has 2 aromatic heterocycles. The normalized spacial score (nSPS) is 10.8. The molecule has 100 valence electrons. The Morgan fingerprint density at radius 2 is 2.00 bits per heavy atom. The second-order valence-corrected chi connectivity index (χ2v) is 5.43. The summed E-state index contributed by atoms with van der Waals surface area (Å²) in [6.07, 6.45) is 1.77. The van der Waals surface area contributed by atoms with Crippen LogP contribution in [0.5, 0.6) is 0 Å². The number of thiophene rings is 1. The Morgan fingerprint density at radius 1 is 1.20 bits per heavy atom. The van der Waals surface area contributed by atoms with Crippen LogP contribution in [0.25, 0.3) is 10.2 Å². The molecule has 3 aromatic rings. The largest absolute Gasteiger partial charge is 0.297 e. The molecule has 0 atom stereocenters. The van der Waals surface area contributed by atoms with Gasteiger partial charge in [-0.1, -0.05) is 30.3 Å². The van der Waals surface area contributed by atoms with Crippen LogP contribution in [0.4, 0.5) is 0 Å². The molecular weight excluding hydrogens is 272 g/mol. The summed E-state index contributed by atoms with van der Waals surface area (Å²) >= 11 is 1.35. The minimum absolute atomic E-state index is 0.00370. The van der Waals surface area contributed by atoms with Gasteiger partial charge in [0, 0.05) is 6.42 Å². The van der Waals surface area contributed by atoms with Crippen molar-refractivity contribution < 1.29 is 4.79 Å². The molecule has 0 aliphatic rings. The van der Waals surface area contributed by atoms with Gasteiger partial charge in [-0.2, -0.15) is 0 Å². The van der Waals surface area contributed by atoms with E-state index in [-0.39, 0.29) is 17.9 Å². The van der Waals surface area contributed by atoms with E-state index < -0.39 is 0 Å². The molecular formula is C15H12N2O2S. The molecule has 0 aliphatic carbocycles. The van der Waals surface area contributed by atoms with Crippen molar-refractivity contribution in [3.63, 3.8) is 0 Å². The zero-order valence-corrected chi connectivity index (χ0v) is 11.5. The molecule has 0 amide bonds. The van der Waals surface area contributed by atoms with Crippen molar-refractivity contribution in [1.82, 2.24) is 9.55 Å². The summed E-state index contributed by atoms with van der Waals surface area (Å²) in [6.45, 7) is 0.0641. The van der Waals surface area contributed by atoms with Crippen LogP contribution in [0.1, 0.15) is 5.56 Å². The molecule has 4 nitrogen and oxygen atoms in total. The summed E-state index contributed by atoms with van der Waals surface area (Å²) in [5, 5.41) is 1.83. The molecule has 0 radical (unpaired) electrons. The van der Waals surface area contributed by atoms with Crippen molar-refractivity contribution in [2.45, 2.75) is 13.0 Å². The molecule has 20 heavy (non-hydrogen) atoms. The predicted molar refractivity (Wildman–Crippen MR) is 79.0 cm³/mol. The first kappa shape index (κ1) is 12.7. The van der Waals surface area contributed by atoms with E-state index in [1.54, 1.807) is 6.07 Å². The number of hydrogen-bond acceptors (Lipinski definition) is 4. The Morgan fingerprint density at radius 3 is 2.80 bits per heavy atom. The van der Waals surface area contributed by atoms with Gasteiger partial charge in [-0.15, -0.1) is 11.3 Å². The highest BCUT2D eigenvalue weighted by Gasteiger charge is 2.09. The Balaban J connectivity index is 1.81. The molecule has 3 rings (SSSR count). The first-order valence-corrected chi connectivity index (χ1v) is 7.10. The molecule has 2 heterocycles. The lowest BCUT2D eigenvalue weighted by atomic mass is 10.1. The number of hydrogen-bond donors (Lipinski definition) is 0. The summed E-state index contributed by atoms with van der Waals surface area (Å²) in [7, 11) is 0. The second-order valence-electron chi connectivity index (χ2n) is 4.51. The van der Waals surface area contributed by atoms with Crippen LogP contribution in [-0.2, 0) is 17.8 Å². The maximum atomic E-state index is 12.2. The van der Waals surface area contributed by atoms with Crippen LogP contribution < -0.4 is 5.56 Å². The van der Waals surface area contributed by atoms with Crippen molar-refractivity contribution in [1.29, 1.82) is 0 Å². The number of Topliss-reactive ketones (excluding diaryl/α,β-unsaturated/α-hetero) is 1. The fraction of sp³-hybridized carbons (Fsp3) is 0.133. The number of carbonyl (C=O) groups is 1. The quantitative estimate of drug-likeness (QED) is 0.738. The van der Waals surface area contributed by atoms with Gasteiger partial charge in [-0.25, -0.2) is 4.98 Å². The number of carbonyl (C=O) groups excluding carboxylic acids is 1. The highest BCUT2D eigenvalue weighted by molar-refractivity contribution is 7.17. The summed E-state index contributed by atoms with van der Waals surface area (Å²) in [4.78, 5) is 28.4. The topological polar surface area (TPSA) is 52.0 Å². The highest BCUT2D eigenvalue weighted by Crippen LogP contribution is 2.13. The number of aromatic nitrogens is 2. The Bertz CT molecular complexity index is 805. The van der Waals surface area contributed by atoms with Crippen LogP contribution in [-0.4, -0.2) is 15.3 Å². The monoisotopic (exact) mass is 284 g/mol. The van der Waals surface area contributed by atoms with E-state index in [9.17, 15) is 9.59 Å². The third-order valence-corrected chi connectivity index (χ3v) is 3.92. The number of ketones is 1. The minimum Gasteiger partial charge on any atom is -0.297 e. The minimum atomic E-state index is -0.147. The third kappa shape index (κ3) is 2.53. The van der Waals surface area contributed by atoms with Gasteiger partial charge in [0.15, 0.2) is 5.78 Å². The summed E-state index contributed by atoms with van der Waals surface area (Å²) in [5.74, 6) is -0.00370. The highest BCUT2D eigenvalue weighted by atomic mass is 32.1. The van der Waals surface area contributed by atoms with Gasteiger partial charge < -0.3 is 0 Å². The van der Waals surface area contributed by atoms with Crippen molar-refractivity contribution in [2.24, 2.45) is 0 Å². The average molecular weight is 284 g/mol. The van der Waals surface area contributed by atoms with Crippen molar-refractivity contribution in [3.05, 3.63) is 64.0 Å². The molecule has 0 saturated carbocycles. The second kappa shape index (κ2) is 5.38. The van der Waals surface area contributed by atoms with Crippen molar-refractivity contribution in [2.75, 3.05) is 0 Å². The van der Waals surface area contributed by atoms with E-state index in [2.05, 4.69) is 4.98 Å². The lowest BCUT2D eigenvalue weighted by molar-refractivity contribution is -0.119. The molecule has 0 fully saturated rings. The molecule has 0 N–H and O–H groups in total. The average Bonchev–Trinajstić information content (AvgIpc) is 2.92. The Hall–Kier alpha value is -2.27. The smallest absolute Gasteiger partial charge is 0.271 e. The number of fused-ring (bicyclic) bond motifs is 1. The van der Waals surface area contributed by atoms with Crippen molar-refractivity contribution in [3.8, 4) is 0 Å². The van der Waals surface area contributed by atoms with E-state index in [1.807, 2.05) is 35.7 Å². The van der Waals surface area contributed by atoms with Gasteiger partial charge >= 0.3 is 0 Å². The fourth-order valence-electron chi connectivity index (χ4n) is 2.06. The van der Waals surface area contributed by atoms with Gasteiger partial charge in [0.2, 0.25) is 0 Å². The molecule has 5 heteroatoms. The molecule has 0 bridgehead atoms. The fourth-order valence-corrected chi connectivity index (χ4v) is 2.85. The predicted octanol–water partition coefficient (Wildman–Crippen LogP) is 2.27. The number of nitrogens with zero attached hydrogens (tertiary/aromatic N) is 2. The van der Waals surface area contributed by atoms with Crippen molar-refractivity contribution >= 4 is 27.3 Å². The maximum Gasteiger partial charge on any atom is 0.271 e. The van der Waals surface area contributed by atoms with E-state index >= 15 is 0 Å². The molecule has 1 aromatic carbocycles. The molecule has 0 spiro atoms. The van der Waals surface area contributed by atoms with Crippen LogP contribution in [0.2, 0.25) is 0 Å². The van der Waals surface area contributed by atoms with Gasteiger partial charge in [0.05, 0.1) is 18.4 Å². The maximum absolute atomic E-state index is 12.2. The van der Waals surface area contributed by atoms with Gasteiger partial charge in [0.25, 0.3) is 5.56 Å². The molecule has 0 saturated heterocycles. The summed E-state index contributed by atoms with van der Waals surface area (Å²) in [5.41, 5.74) is 1.49. The van der Waals surface area contributed by atoms with E-state index in [4.69, 9.17) is 0 Å². The summed E-state index contributed by atoms with van der Waals surface area (Å²) < 4.78 is 1.98. The standard InChI is InChI=1S/C15H12N2O2S/c18-12(8-11-4-2-1-3-5-11)9-17-10-16-13-6-7-20-14(13)15(17)19/h1-7,10H,8-9H2. The first-order chi connectivity index (χ1) is 9.74. The Kier molecular flexibility index (Phi) is 3.43. The summed E-state index contributed by atoms with van der Waals surface area (Å²) in [6, 6.07) is 11.3. The Labute approximate surface area is 119 Å². The van der Waals surface area contributed by atoms with Gasteiger partial charge in [0.1, 0.15) is 4.70 Å². The van der Waals surface area contributed by atoms with Gasteiger partial charge in [-0.05, 0) is 17.0 Å². The van der Waals surface area contributed by atoms with Crippen LogP contribution in [0.15, 0.2) is 52.9 Å². The van der Waals surface area contributed by atoms with Crippen LogP contribution in [0.3, 0.4) is 0 Å². The van der Waals surface area contributed by atoms with Crippen LogP contribution in [0, 0.1) is 0 Å². The third-order valence-electron chi connectivity index (χ3n) is 3.03. The van der Waals surface area contributed by atoms with Gasteiger partial charge in [-0.3, -0.25) is 14.2 Å². The first-order valence-electron chi connectivity index (χ1n) is 6.22. The zero-order chi connectivity index (χ0) is 13.9. The lowest BCUT2D eigenvalue weighted by Crippen LogP contribution is -2.24. The van der Waals surface area contributed by atoms with Crippen LogP contribution >= 0.6 is 11.3 Å². The zero-order valence-electron chi connectivity index (χ0n) is 10.7. The SMILES string of the molecule is O=C(Cc1ccccc1)Cn1cnc2ccsc2c1=O. The number of benzene rings is 1. The van der Waals surface area contributed by atoms with E-state index in [0.29, 0.717) is 16.6 Å². The lowest BCUT2D eigenvalue weighted by Gasteiger charge is -2.04. The van der Waals surface area contributed by atoms with E-state index in [1.165, 1.54) is 22.2 Å². The van der Waals surface area contributed by atoms with E-state index in [0.717, 1.165) is 5.56 Å². The molecule has 0 unspecified atom stereocenters.